The van der Waals surface area contributed by atoms with Crippen molar-refractivity contribution in [3.63, 3.8) is 0 Å². The lowest BCUT2D eigenvalue weighted by Gasteiger charge is -2.22. The second-order valence-electron chi connectivity index (χ2n) is 5.13. The summed E-state index contributed by atoms with van der Waals surface area (Å²) in [4.78, 5) is 13.2. The first-order chi connectivity index (χ1) is 10.3. The molecular weight excluding hydrogens is 300 g/mol. The summed E-state index contributed by atoms with van der Waals surface area (Å²) in [7, 11) is -2.14. The molecule has 0 radical (unpaired) electrons. The fourth-order valence-electron chi connectivity index (χ4n) is 2.22. The Morgan fingerprint density at radius 1 is 1.14 bits per heavy atom. The lowest BCUT2D eigenvalue weighted by molar-refractivity contribution is 0.101. The smallest absolute Gasteiger partial charge is 0.240 e. The predicted molar refractivity (Wildman–Crippen MR) is 86.4 cm³/mol. The number of hydrogen-bond donors (Lipinski definition) is 1. The Labute approximate surface area is 130 Å². The minimum atomic E-state index is -3.92. The van der Waals surface area contributed by atoms with Crippen LogP contribution in [0.1, 0.15) is 22.8 Å². The SMILES string of the molecule is CC(=O)c1ccc(N(C)Cc2ccccc2)c(S(N)(=O)=O)c1. The topological polar surface area (TPSA) is 80.5 Å². The van der Waals surface area contributed by atoms with Crippen LogP contribution in [-0.2, 0) is 16.6 Å². The molecule has 0 amide bonds. The number of carbonyl (C=O) groups is 1. The van der Waals surface area contributed by atoms with Gasteiger partial charge in [-0.3, -0.25) is 4.79 Å². The lowest BCUT2D eigenvalue weighted by Crippen LogP contribution is -2.22. The Morgan fingerprint density at radius 2 is 1.77 bits per heavy atom. The van der Waals surface area contributed by atoms with Crippen molar-refractivity contribution in [2.24, 2.45) is 5.14 Å². The van der Waals surface area contributed by atoms with Crippen LogP contribution in [0.4, 0.5) is 5.69 Å². The van der Waals surface area contributed by atoms with Crippen molar-refractivity contribution in [2.45, 2.75) is 18.4 Å². The number of benzene rings is 2. The highest BCUT2D eigenvalue weighted by Gasteiger charge is 2.18. The third-order valence-corrected chi connectivity index (χ3v) is 4.29. The number of primary sulfonamides is 1. The third kappa shape index (κ3) is 3.72. The zero-order chi connectivity index (χ0) is 16.3. The van der Waals surface area contributed by atoms with Crippen LogP contribution in [-0.4, -0.2) is 21.2 Å². The zero-order valence-corrected chi connectivity index (χ0v) is 13.3. The normalized spacial score (nSPS) is 11.2. The van der Waals surface area contributed by atoms with Gasteiger partial charge in [0.05, 0.1) is 5.69 Å². The number of carbonyl (C=O) groups excluding carboxylic acids is 1. The standard InChI is InChI=1S/C16H18N2O3S/c1-12(19)14-8-9-15(16(10-14)22(17,20)21)18(2)11-13-6-4-3-5-7-13/h3-10H,11H2,1-2H3,(H2,17,20,21). The number of nitrogens with zero attached hydrogens (tertiary/aromatic N) is 1. The number of hydrogen-bond acceptors (Lipinski definition) is 4. The van der Waals surface area contributed by atoms with Crippen LogP contribution in [0.5, 0.6) is 0 Å². The molecule has 6 heteroatoms. The maximum atomic E-state index is 11.8. The van der Waals surface area contributed by atoms with Gasteiger partial charge in [0.1, 0.15) is 4.90 Å². The van der Waals surface area contributed by atoms with Crippen molar-refractivity contribution in [3.05, 3.63) is 59.7 Å². The molecule has 2 aromatic carbocycles. The molecule has 0 saturated carbocycles. The summed E-state index contributed by atoms with van der Waals surface area (Å²) in [6, 6.07) is 14.2. The number of anilines is 1. The Bertz CT molecular complexity index is 786. The first-order valence-corrected chi connectivity index (χ1v) is 8.26. The predicted octanol–water partition coefficient (Wildman–Crippen LogP) is 2.17. The Balaban J connectivity index is 2.43. The second kappa shape index (κ2) is 6.29. The second-order valence-corrected chi connectivity index (χ2v) is 6.66. The van der Waals surface area contributed by atoms with E-state index in [0.717, 1.165) is 5.56 Å². The van der Waals surface area contributed by atoms with Crippen molar-refractivity contribution in [1.82, 2.24) is 0 Å². The van der Waals surface area contributed by atoms with E-state index >= 15 is 0 Å². The number of Topliss-reactive ketones (excluding diaryl/α,β-unsaturated/α-hetero) is 1. The molecule has 116 valence electrons. The summed E-state index contributed by atoms with van der Waals surface area (Å²) in [5.41, 5.74) is 1.83. The average molecular weight is 318 g/mol. The molecule has 0 aromatic heterocycles. The van der Waals surface area contributed by atoms with E-state index in [0.29, 0.717) is 17.8 Å². The van der Waals surface area contributed by atoms with Gasteiger partial charge in [-0.2, -0.15) is 0 Å². The molecule has 0 saturated heterocycles. The van der Waals surface area contributed by atoms with Gasteiger partial charge in [-0.15, -0.1) is 0 Å². The fraction of sp³-hybridized carbons (Fsp3) is 0.188. The highest BCUT2D eigenvalue weighted by molar-refractivity contribution is 7.89. The van der Waals surface area contributed by atoms with Crippen molar-refractivity contribution in [3.8, 4) is 0 Å². The van der Waals surface area contributed by atoms with Gasteiger partial charge >= 0.3 is 0 Å². The molecule has 2 rings (SSSR count). The van der Waals surface area contributed by atoms with E-state index in [4.69, 9.17) is 5.14 Å². The van der Waals surface area contributed by atoms with Crippen molar-refractivity contribution in [2.75, 3.05) is 11.9 Å². The quantitative estimate of drug-likeness (QED) is 0.857. The molecule has 0 aliphatic heterocycles. The molecule has 0 fully saturated rings. The molecule has 0 atom stereocenters. The van der Waals surface area contributed by atoms with Gasteiger partial charge in [0.25, 0.3) is 0 Å². The molecule has 22 heavy (non-hydrogen) atoms. The van der Waals surface area contributed by atoms with Crippen LogP contribution in [0.2, 0.25) is 0 Å². The van der Waals surface area contributed by atoms with E-state index < -0.39 is 10.0 Å². The van der Waals surface area contributed by atoms with E-state index in [2.05, 4.69) is 0 Å². The van der Waals surface area contributed by atoms with Crippen LogP contribution in [0.25, 0.3) is 0 Å². The summed E-state index contributed by atoms with van der Waals surface area (Å²) in [6.45, 7) is 1.92. The molecule has 0 heterocycles. The van der Waals surface area contributed by atoms with Gasteiger partial charge in [-0.1, -0.05) is 30.3 Å². The van der Waals surface area contributed by atoms with E-state index in [9.17, 15) is 13.2 Å². The number of rotatable bonds is 5. The van der Waals surface area contributed by atoms with Crippen LogP contribution in [0.3, 0.4) is 0 Å². The highest BCUT2D eigenvalue weighted by Crippen LogP contribution is 2.26. The monoisotopic (exact) mass is 318 g/mol. The van der Waals surface area contributed by atoms with Crippen LogP contribution >= 0.6 is 0 Å². The largest absolute Gasteiger partial charge is 0.369 e. The van der Waals surface area contributed by atoms with Gasteiger partial charge in [0.2, 0.25) is 10.0 Å². The highest BCUT2D eigenvalue weighted by atomic mass is 32.2. The molecule has 0 unspecified atom stereocenters. The minimum absolute atomic E-state index is 0.0429. The Morgan fingerprint density at radius 3 is 2.32 bits per heavy atom. The summed E-state index contributed by atoms with van der Waals surface area (Å²) in [5.74, 6) is -0.206. The molecule has 0 bridgehead atoms. The third-order valence-electron chi connectivity index (χ3n) is 3.35. The van der Waals surface area contributed by atoms with Gasteiger partial charge in [-0.05, 0) is 30.7 Å². The maximum Gasteiger partial charge on any atom is 0.240 e. The summed E-state index contributed by atoms with van der Waals surface area (Å²) in [6.07, 6.45) is 0. The van der Waals surface area contributed by atoms with Crippen LogP contribution < -0.4 is 10.0 Å². The zero-order valence-electron chi connectivity index (χ0n) is 12.5. The molecule has 0 aliphatic carbocycles. The average Bonchev–Trinajstić information content (AvgIpc) is 2.46. The maximum absolute atomic E-state index is 11.8. The van der Waals surface area contributed by atoms with E-state index in [1.54, 1.807) is 24.1 Å². The van der Waals surface area contributed by atoms with Gasteiger partial charge < -0.3 is 4.90 Å². The summed E-state index contributed by atoms with van der Waals surface area (Å²) in [5, 5.41) is 5.29. The molecule has 0 spiro atoms. The van der Waals surface area contributed by atoms with E-state index in [1.165, 1.54) is 13.0 Å². The number of sulfonamides is 1. The van der Waals surface area contributed by atoms with Crippen LogP contribution in [0.15, 0.2) is 53.4 Å². The van der Waals surface area contributed by atoms with Crippen molar-refractivity contribution < 1.29 is 13.2 Å². The van der Waals surface area contributed by atoms with Gasteiger partial charge in [-0.25, -0.2) is 13.6 Å². The van der Waals surface area contributed by atoms with E-state index in [-0.39, 0.29) is 10.7 Å². The molecule has 5 nitrogen and oxygen atoms in total. The summed E-state index contributed by atoms with van der Waals surface area (Å²) >= 11 is 0. The van der Waals surface area contributed by atoms with Crippen LogP contribution in [0, 0.1) is 0 Å². The van der Waals surface area contributed by atoms with Gasteiger partial charge in [0, 0.05) is 19.2 Å². The van der Waals surface area contributed by atoms with Gasteiger partial charge in [0.15, 0.2) is 5.78 Å². The Kier molecular flexibility index (Phi) is 4.63. The fourth-order valence-corrected chi connectivity index (χ4v) is 3.03. The number of ketones is 1. The first kappa shape index (κ1) is 16.2. The van der Waals surface area contributed by atoms with E-state index in [1.807, 2.05) is 30.3 Å². The number of nitrogens with two attached hydrogens (primary N) is 1. The molecule has 2 N–H and O–H groups in total. The van der Waals surface area contributed by atoms with Crippen molar-refractivity contribution >= 4 is 21.5 Å². The minimum Gasteiger partial charge on any atom is -0.369 e. The molecule has 0 aliphatic rings. The first-order valence-electron chi connectivity index (χ1n) is 6.72. The van der Waals surface area contributed by atoms with Crippen molar-refractivity contribution in [1.29, 1.82) is 0 Å². The molecular formula is C16H18N2O3S. The lowest BCUT2D eigenvalue weighted by atomic mass is 10.1. The Hall–Kier alpha value is -2.18. The summed E-state index contributed by atoms with van der Waals surface area (Å²) < 4.78 is 23.7. The molecule has 2 aromatic rings.